The minimum atomic E-state index is 0.0784. The number of nitrogens with one attached hydrogen (secondary N) is 2. The lowest BCUT2D eigenvalue weighted by molar-refractivity contribution is 0.174. The van der Waals surface area contributed by atoms with Crippen LogP contribution in [0.5, 0.6) is 17.2 Å². The van der Waals surface area contributed by atoms with Crippen LogP contribution in [0.2, 0.25) is 0 Å². The quantitative estimate of drug-likeness (QED) is 0.803. The van der Waals surface area contributed by atoms with Crippen molar-refractivity contribution in [2.75, 3.05) is 18.7 Å². The van der Waals surface area contributed by atoms with Crippen LogP contribution in [0.3, 0.4) is 0 Å². The molecule has 1 heterocycles. The van der Waals surface area contributed by atoms with E-state index in [9.17, 15) is 0 Å². The van der Waals surface area contributed by atoms with Gasteiger partial charge in [0.15, 0.2) is 16.6 Å². The minimum absolute atomic E-state index is 0.0784. The molecule has 2 aromatic carbocycles. The van der Waals surface area contributed by atoms with Gasteiger partial charge in [0, 0.05) is 11.8 Å². The molecule has 1 unspecified atom stereocenters. The Morgan fingerprint density at radius 3 is 2.67 bits per heavy atom. The Hall–Kier alpha value is -2.47. The number of hydrogen-bond donors (Lipinski definition) is 2. The predicted octanol–water partition coefficient (Wildman–Crippen LogP) is 3.86. The van der Waals surface area contributed by atoms with E-state index in [0.29, 0.717) is 11.7 Å². The molecule has 1 aliphatic heterocycles. The summed E-state index contributed by atoms with van der Waals surface area (Å²) < 4.78 is 16.1. The van der Waals surface area contributed by atoms with Gasteiger partial charge in [-0.25, -0.2) is 0 Å². The fourth-order valence-electron chi connectivity index (χ4n) is 2.44. The second-order valence-corrected chi connectivity index (χ2v) is 5.80. The van der Waals surface area contributed by atoms with E-state index >= 15 is 0 Å². The van der Waals surface area contributed by atoms with Gasteiger partial charge in [0.25, 0.3) is 0 Å². The van der Waals surface area contributed by atoms with Gasteiger partial charge < -0.3 is 24.8 Å². The van der Waals surface area contributed by atoms with Crippen molar-refractivity contribution in [2.45, 2.75) is 19.9 Å². The number of rotatable bonds is 5. The van der Waals surface area contributed by atoms with Crippen molar-refractivity contribution >= 4 is 23.0 Å². The van der Waals surface area contributed by atoms with Gasteiger partial charge in [-0.05, 0) is 55.9 Å². The zero-order chi connectivity index (χ0) is 16.9. The first-order valence-corrected chi connectivity index (χ1v) is 8.26. The Labute approximate surface area is 146 Å². The Morgan fingerprint density at radius 2 is 1.92 bits per heavy atom. The maximum atomic E-state index is 5.46. The molecule has 0 aromatic heterocycles. The van der Waals surface area contributed by atoms with E-state index in [1.165, 1.54) is 0 Å². The summed E-state index contributed by atoms with van der Waals surface area (Å²) in [7, 11) is 0. The SMILES string of the molecule is CCOc1ccc(C(C)NC(=S)Nc2ccc3c(c2)OCO3)cc1. The lowest BCUT2D eigenvalue weighted by Gasteiger charge is -2.18. The first-order valence-electron chi connectivity index (χ1n) is 7.85. The zero-order valence-electron chi connectivity index (χ0n) is 13.7. The van der Waals surface area contributed by atoms with Gasteiger partial charge in [-0.1, -0.05) is 12.1 Å². The number of hydrogen-bond acceptors (Lipinski definition) is 4. The molecule has 0 radical (unpaired) electrons. The highest BCUT2D eigenvalue weighted by molar-refractivity contribution is 7.80. The monoisotopic (exact) mass is 344 g/mol. The summed E-state index contributed by atoms with van der Waals surface area (Å²) in [5.41, 5.74) is 1.99. The van der Waals surface area contributed by atoms with E-state index in [4.69, 9.17) is 26.4 Å². The van der Waals surface area contributed by atoms with Crippen molar-refractivity contribution in [3.63, 3.8) is 0 Å². The van der Waals surface area contributed by atoms with Crippen LogP contribution in [0, 0.1) is 0 Å². The zero-order valence-corrected chi connectivity index (χ0v) is 14.5. The van der Waals surface area contributed by atoms with Crippen LogP contribution >= 0.6 is 12.2 Å². The molecule has 2 aromatic rings. The molecule has 126 valence electrons. The predicted molar refractivity (Wildman–Crippen MR) is 97.9 cm³/mol. The molecule has 24 heavy (non-hydrogen) atoms. The number of ether oxygens (including phenoxy) is 3. The Balaban J connectivity index is 1.57. The van der Waals surface area contributed by atoms with Crippen molar-refractivity contribution in [2.24, 2.45) is 0 Å². The molecule has 0 saturated carbocycles. The second kappa shape index (κ2) is 7.40. The van der Waals surface area contributed by atoms with E-state index in [-0.39, 0.29) is 12.8 Å². The molecule has 0 bridgehead atoms. The van der Waals surface area contributed by atoms with E-state index in [1.807, 2.05) is 49.4 Å². The molecule has 2 N–H and O–H groups in total. The largest absolute Gasteiger partial charge is 0.494 e. The highest BCUT2D eigenvalue weighted by atomic mass is 32.1. The molecule has 0 fully saturated rings. The average Bonchev–Trinajstić information content (AvgIpc) is 3.03. The summed E-state index contributed by atoms with van der Waals surface area (Å²) in [5, 5.41) is 6.99. The first kappa shape index (κ1) is 16.4. The van der Waals surface area contributed by atoms with E-state index in [2.05, 4.69) is 17.6 Å². The highest BCUT2D eigenvalue weighted by Crippen LogP contribution is 2.34. The third-order valence-electron chi connectivity index (χ3n) is 3.67. The van der Waals surface area contributed by atoms with Crippen molar-refractivity contribution in [1.29, 1.82) is 0 Å². The lowest BCUT2D eigenvalue weighted by Crippen LogP contribution is -2.30. The summed E-state index contributed by atoms with van der Waals surface area (Å²) in [6.45, 7) is 4.95. The summed E-state index contributed by atoms with van der Waals surface area (Å²) in [5.74, 6) is 2.35. The van der Waals surface area contributed by atoms with Crippen LogP contribution in [-0.4, -0.2) is 18.5 Å². The van der Waals surface area contributed by atoms with Gasteiger partial charge in [0.05, 0.1) is 12.6 Å². The van der Waals surface area contributed by atoms with Gasteiger partial charge in [-0.3, -0.25) is 0 Å². The Kier molecular flexibility index (Phi) is 5.05. The smallest absolute Gasteiger partial charge is 0.231 e. The molecular formula is C18H20N2O3S. The molecule has 0 saturated heterocycles. The van der Waals surface area contributed by atoms with Crippen LogP contribution in [0.25, 0.3) is 0 Å². The standard InChI is InChI=1S/C18H20N2O3S/c1-3-21-15-7-4-13(5-8-15)12(2)19-18(24)20-14-6-9-16-17(10-14)23-11-22-16/h4-10,12H,3,11H2,1-2H3,(H2,19,20,24). The molecule has 0 aliphatic carbocycles. The number of anilines is 1. The third kappa shape index (κ3) is 3.89. The van der Waals surface area contributed by atoms with Gasteiger partial charge in [0.2, 0.25) is 6.79 Å². The summed E-state index contributed by atoms with van der Waals surface area (Å²) in [6.07, 6.45) is 0. The molecular weight excluding hydrogens is 324 g/mol. The number of thiocarbonyl (C=S) groups is 1. The van der Waals surface area contributed by atoms with E-state index < -0.39 is 0 Å². The summed E-state index contributed by atoms with van der Waals surface area (Å²) in [6, 6.07) is 13.7. The van der Waals surface area contributed by atoms with Gasteiger partial charge >= 0.3 is 0 Å². The van der Waals surface area contributed by atoms with Crippen LogP contribution < -0.4 is 24.8 Å². The molecule has 3 rings (SSSR count). The second-order valence-electron chi connectivity index (χ2n) is 5.39. The fraction of sp³-hybridized carbons (Fsp3) is 0.278. The molecule has 1 atom stereocenters. The van der Waals surface area contributed by atoms with Gasteiger partial charge in [0.1, 0.15) is 5.75 Å². The van der Waals surface area contributed by atoms with Crippen molar-refractivity contribution in [3.8, 4) is 17.2 Å². The molecule has 5 nitrogen and oxygen atoms in total. The maximum absolute atomic E-state index is 5.46. The normalized spacial score (nSPS) is 13.2. The highest BCUT2D eigenvalue weighted by Gasteiger charge is 2.14. The van der Waals surface area contributed by atoms with Crippen LogP contribution in [0.4, 0.5) is 5.69 Å². The minimum Gasteiger partial charge on any atom is -0.494 e. The Morgan fingerprint density at radius 1 is 1.17 bits per heavy atom. The van der Waals surface area contributed by atoms with Crippen molar-refractivity contribution < 1.29 is 14.2 Å². The topological polar surface area (TPSA) is 51.8 Å². The van der Waals surface area contributed by atoms with Crippen LogP contribution in [0.15, 0.2) is 42.5 Å². The molecule has 0 amide bonds. The summed E-state index contributed by atoms with van der Waals surface area (Å²) >= 11 is 5.39. The van der Waals surface area contributed by atoms with E-state index in [0.717, 1.165) is 28.5 Å². The number of benzene rings is 2. The van der Waals surface area contributed by atoms with E-state index in [1.54, 1.807) is 0 Å². The maximum Gasteiger partial charge on any atom is 0.231 e. The third-order valence-corrected chi connectivity index (χ3v) is 3.89. The van der Waals surface area contributed by atoms with Gasteiger partial charge in [-0.15, -0.1) is 0 Å². The molecule has 1 aliphatic rings. The first-order chi connectivity index (χ1) is 11.7. The average molecular weight is 344 g/mol. The van der Waals surface area contributed by atoms with Crippen LogP contribution in [-0.2, 0) is 0 Å². The summed E-state index contributed by atoms with van der Waals surface area (Å²) in [4.78, 5) is 0. The van der Waals surface area contributed by atoms with Crippen molar-refractivity contribution in [3.05, 3.63) is 48.0 Å². The van der Waals surface area contributed by atoms with Crippen LogP contribution in [0.1, 0.15) is 25.5 Å². The number of fused-ring (bicyclic) bond motifs is 1. The lowest BCUT2D eigenvalue weighted by atomic mass is 10.1. The fourth-order valence-corrected chi connectivity index (χ4v) is 2.74. The molecule has 0 spiro atoms. The van der Waals surface area contributed by atoms with Gasteiger partial charge in [-0.2, -0.15) is 0 Å². The Bertz CT molecular complexity index is 719. The van der Waals surface area contributed by atoms with Crippen molar-refractivity contribution in [1.82, 2.24) is 5.32 Å². The molecule has 6 heteroatoms.